The molecular weight excluding hydrogens is 469 g/mol. The Labute approximate surface area is 200 Å². The van der Waals surface area contributed by atoms with Crippen LogP contribution in [0.1, 0.15) is 29.5 Å². The number of nitrogens with zero attached hydrogens (tertiary/aromatic N) is 2. The van der Waals surface area contributed by atoms with Crippen molar-refractivity contribution < 1.29 is 31.5 Å². The summed E-state index contributed by atoms with van der Waals surface area (Å²) in [5.74, 6) is -1.66. The van der Waals surface area contributed by atoms with E-state index >= 15 is 0 Å². The highest BCUT2D eigenvalue weighted by molar-refractivity contribution is 5.80. The zero-order valence-corrected chi connectivity index (χ0v) is 19.2. The molecule has 2 aromatic carbocycles. The number of carbonyl (C=O) groups excluding carboxylic acids is 1. The Kier molecular flexibility index (Phi) is 8.03. The number of halogens is 5. The maximum Gasteiger partial charge on any atom is 0.416 e. The first-order chi connectivity index (χ1) is 16.7. The van der Waals surface area contributed by atoms with Crippen LogP contribution < -0.4 is 5.32 Å². The van der Waals surface area contributed by atoms with Crippen molar-refractivity contribution in [3.63, 3.8) is 0 Å². The molecule has 0 bridgehead atoms. The number of hydrogen-bond donors (Lipinski definition) is 1. The highest BCUT2D eigenvalue weighted by atomic mass is 19.4. The molecular formula is C25H28F5N3O2. The monoisotopic (exact) mass is 497 g/mol. The van der Waals surface area contributed by atoms with E-state index in [9.17, 15) is 26.7 Å². The topological polar surface area (TPSA) is 44.8 Å². The molecule has 1 N–H and O–H groups in total. The lowest BCUT2D eigenvalue weighted by atomic mass is 10.0. The fourth-order valence-corrected chi connectivity index (χ4v) is 4.59. The lowest BCUT2D eigenvalue weighted by molar-refractivity contribution is -0.139. The van der Waals surface area contributed by atoms with Gasteiger partial charge in [0.1, 0.15) is 17.7 Å². The van der Waals surface area contributed by atoms with Crippen LogP contribution in [0.25, 0.3) is 0 Å². The van der Waals surface area contributed by atoms with Crippen molar-refractivity contribution in [3.8, 4) is 0 Å². The zero-order chi connectivity index (χ0) is 25.0. The van der Waals surface area contributed by atoms with Gasteiger partial charge in [-0.1, -0.05) is 12.1 Å². The molecule has 1 amide bonds. The molecule has 4 rings (SSSR count). The minimum absolute atomic E-state index is 0.0397. The summed E-state index contributed by atoms with van der Waals surface area (Å²) in [7, 11) is 0. The summed E-state index contributed by atoms with van der Waals surface area (Å²) in [5, 5.41) is 2.56. The summed E-state index contributed by atoms with van der Waals surface area (Å²) >= 11 is 0. The average Bonchev–Trinajstić information content (AvgIpc) is 2.84. The summed E-state index contributed by atoms with van der Waals surface area (Å²) in [6.45, 7) is 4.46. The minimum atomic E-state index is -4.66. The SMILES string of the molecule is O=C(NCc1cc(F)cc(C(F)(F)F)c1)[C@H]1CCC(N2CCN(Cc3ccc(F)cc3)CC2)CO1. The van der Waals surface area contributed by atoms with Crippen LogP contribution in [0, 0.1) is 11.6 Å². The normalized spacial score (nSPS) is 22.2. The van der Waals surface area contributed by atoms with Gasteiger partial charge >= 0.3 is 6.18 Å². The molecule has 0 radical (unpaired) electrons. The van der Waals surface area contributed by atoms with Crippen LogP contribution in [0.3, 0.4) is 0 Å². The van der Waals surface area contributed by atoms with Crippen LogP contribution in [0.5, 0.6) is 0 Å². The molecule has 0 saturated carbocycles. The molecule has 0 aromatic heterocycles. The van der Waals surface area contributed by atoms with E-state index in [1.54, 1.807) is 12.1 Å². The van der Waals surface area contributed by atoms with Crippen LogP contribution in [0.4, 0.5) is 22.0 Å². The van der Waals surface area contributed by atoms with E-state index in [0.717, 1.165) is 56.8 Å². The van der Waals surface area contributed by atoms with Gasteiger partial charge in [0, 0.05) is 45.3 Å². The third kappa shape index (κ3) is 6.99. The molecule has 5 nitrogen and oxygen atoms in total. The number of benzene rings is 2. The Balaban J connectivity index is 1.19. The maximum atomic E-state index is 13.5. The van der Waals surface area contributed by atoms with Crippen molar-refractivity contribution in [2.45, 2.75) is 44.3 Å². The van der Waals surface area contributed by atoms with Crippen LogP contribution >= 0.6 is 0 Å². The van der Waals surface area contributed by atoms with Crippen LogP contribution in [-0.4, -0.2) is 60.6 Å². The van der Waals surface area contributed by atoms with E-state index in [4.69, 9.17) is 4.74 Å². The van der Waals surface area contributed by atoms with E-state index in [1.165, 1.54) is 12.1 Å². The summed E-state index contributed by atoms with van der Waals surface area (Å²) in [6.07, 6.45) is -4.06. The lowest BCUT2D eigenvalue weighted by Gasteiger charge is -2.41. The lowest BCUT2D eigenvalue weighted by Crippen LogP contribution is -2.53. The van der Waals surface area contributed by atoms with Gasteiger partial charge in [-0.2, -0.15) is 13.2 Å². The van der Waals surface area contributed by atoms with E-state index in [0.29, 0.717) is 19.1 Å². The number of amides is 1. The number of piperazine rings is 1. The molecule has 2 fully saturated rings. The molecule has 10 heteroatoms. The van der Waals surface area contributed by atoms with Gasteiger partial charge in [0.2, 0.25) is 5.91 Å². The molecule has 2 aromatic rings. The van der Waals surface area contributed by atoms with Gasteiger partial charge in [-0.15, -0.1) is 0 Å². The molecule has 2 aliphatic heterocycles. The predicted octanol–water partition coefficient (Wildman–Crippen LogP) is 3.97. The Morgan fingerprint density at radius 1 is 0.943 bits per heavy atom. The molecule has 2 saturated heterocycles. The predicted molar refractivity (Wildman–Crippen MR) is 119 cm³/mol. The van der Waals surface area contributed by atoms with Gasteiger partial charge in [0.15, 0.2) is 0 Å². The Hall–Kier alpha value is -2.56. The van der Waals surface area contributed by atoms with Gasteiger partial charge in [-0.3, -0.25) is 14.6 Å². The van der Waals surface area contributed by atoms with Crippen molar-refractivity contribution in [1.29, 1.82) is 0 Å². The van der Waals surface area contributed by atoms with E-state index < -0.39 is 29.6 Å². The first-order valence-electron chi connectivity index (χ1n) is 11.6. The fourth-order valence-electron chi connectivity index (χ4n) is 4.59. The molecule has 2 aliphatic rings. The van der Waals surface area contributed by atoms with Crippen molar-refractivity contribution in [1.82, 2.24) is 15.1 Å². The Bertz CT molecular complexity index is 999. The minimum Gasteiger partial charge on any atom is -0.367 e. The second-order valence-electron chi connectivity index (χ2n) is 9.06. The highest BCUT2D eigenvalue weighted by Crippen LogP contribution is 2.30. The summed E-state index contributed by atoms with van der Waals surface area (Å²) in [5.41, 5.74) is 0.0247. The van der Waals surface area contributed by atoms with Crippen molar-refractivity contribution in [3.05, 3.63) is 70.8 Å². The third-order valence-corrected chi connectivity index (χ3v) is 6.54. The van der Waals surface area contributed by atoms with Crippen molar-refractivity contribution in [2.75, 3.05) is 32.8 Å². The fraction of sp³-hybridized carbons (Fsp3) is 0.480. The largest absolute Gasteiger partial charge is 0.416 e. The van der Waals surface area contributed by atoms with E-state index in [1.807, 2.05) is 0 Å². The molecule has 35 heavy (non-hydrogen) atoms. The summed E-state index contributed by atoms with van der Waals surface area (Å²) in [4.78, 5) is 17.1. The van der Waals surface area contributed by atoms with Gasteiger partial charge in [0.25, 0.3) is 0 Å². The van der Waals surface area contributed by atoms with E-state index in [2.05, 4.69) is 15.1 Å². The molecule has 0 spiro atoms. The van der Waals surface area contributed by atoms with Crippen molar-refractivity contribution in [2.24, 2.45) is 0 Å². The number of hydrogen-bond acceptors (Lipinski definition) is 4. The number of rotatable bonds is 6. The first kappa shape index (κ1) is 25.5. The Morgan fingerprint density at radius 2 is 1.66 bits per heavy atom. The molecule has 2 heterocycles. The smallest absolute Gasteiger partial charge is 0.367 e. The quantitative estimate of drug-likeness (QED) is 0.614. The molecule has 2 atom stereocenters. The third-order valence-electron chi connectivity index (χ3n) is 6.54. The second kappa shape index (κ2) is 11.0. The van der Waals surface area contributed by atoms with Crippen LogP contribution in [-0.2, 0) is 28.8 Å². The maximum absolute atomic E-state index is 13.5. The number of carbonyl (C=O) groups is 1. The van der Waals surface area contributed by atoms with Gasteiger partial charge in [0.05, 0.1) is 12.2 Å². The van der Waals surface area contributed by atoms with E-state index in [-0.39, 0.29) is 24.0 Å². The first-order valence-corrected chi connectivity index (χ1v) is 11.6. The van der Waals surface area contributed by atoms with Gasteiger partial charge in [-0.25, -0.2) is 8.78 Å². The molecule has 1 unspecified atom stereocenters. The van der Waals surface area contributed by atoms with Gasteiger partial charge in [-0.05, 0) is 54.3 Å². The summed E-state index contributed by atoms with van der Waals surface area (Å²) in [6, 6.07) is 8.96. The number of nitrogens with one attached hydrogen (secondary N) is 1. The van der Waals surface area contributed by atoms with Gasteiger partial charge < -0.3 is 10.1 Å². The van der Waals surface area contributed by atoms with Crippen LogP contribution in [0.15, 0.2) is 42.5 Å². The number of ether oxygens (including phenoxy) is 1. The number of alkyl halides is 3. The molecule has 0 aliphatic carbocycles. The second-order valence-corrected chi connectivity index (χ2v) is 9.06. The highest BCUT2D eigenvalue weighted by Gasteiger charge is 2.33. The standard InChI is InChI=1S/C25H28F5N3O2/c26-20-3-1-17(2-4-20)15-32-7-9-33(10-8-32)22-5-6-23(35-16-22)24(34)31-14-18-11-19(25(28,29)30)13-21(27)12-18/h1-4,11-13,22-23H,5-10,14-16H2,(H,31,34)/t22?,23-/m1/s1. The average molecular weight is 498 g/mol. The van der Waals surface area contributed by atoms with Crippen LogP contribution in [0.2, 0.25) is 0 Å². The Morgan fingerprint density at radius 3 is 2.29 bits per heavy atom. The molecule has 190 valence electrons. The zero-order valence-electron chi connectivity index (χ0n) is 19.2. The van der Waals surface area contributed by atoms with Crippen molar-refractivity contribution >= 4 is 5.91 Å². The summed E-state index contributed by atoms with van der Waals surface area (Å²) < 4.78 is 71.0.